The Balaban J connectivity index is 0.000000820. The Hall–Kier alpha value is -0.134. The molecule has 0 aliphatic carbocycles. The Kier molecular flexibility index (Phi) is 8.66. The second-order valence-corrected chi connectivity index (χ2v) is 11.0. The minimum absolute atomic E-state index is 0. The van der Waals surface area contributed by atoms with Crippen molar-refractivity contribution >= 4 is 24.7 Å². The maximum atomic E-state index is 3.25. The SMILES string of the molecule is Cc1c(C)c([SiH3])[c-](C(P)(C(C)(C)C)C(C)(C)C)c1C.[Fe].[cH-]1[cH-][cH-][cH-][cH-]1. The van der Waals surface area contributed by atoms with Gasteiger partial charge in [0, 0.05) is 27.3 Å². The molecule has 0 saturated carbocycles. The minimum Gasteiger partial charge on any atom is -0.748 e. The van der Waals surface area contributed by atoms with Crippen molar-refractivity contribution in [2.45, 2.75) is 67.5 Å². The van der Waals surface area contributed by atoms with E-state index in [9.17, 15) is 0 Å². The van der Waals surface area contributed by atoms with Crippen molar-refractivity contribution in [1.82, 2.24) is 0 Å². The number of rotatable bonds is 1. The van der Waals surface area contributed by atoms with Crippen LogP contribution >= 0.6 is 9.24 Å². The molecular formula is C22H37FePSi-6. The standard InChI is InChI=1S/C17H32PSi.C5H5.Fe/c1-10-11(2)13(14(19)12(10)3)17(18,15(4,5)6)16(7,8)9;1-2-4-5-3-1;/h18H2,1-9,19H3;1-5H;/q-1;-5;. The maximum absolute atomic E-state index is 3.25. The van der Waals surface area contributed by atoms with E-state index >= 15 is 0 Å². The van der Waals surface area contributed by atoms with Crippen molar-refractivity contribution in [3.8, 4) is 0 Å². The summed E-state index contributed by atoms with van der Waals surface area (Å²) in [4.78, 5) is 0. The average Bonchev–Trinajstić information content (AvgIpc) is 3.06. The summed E-state index contributed by atoms with van der Waals surface area (Å²) in [7, 11) is 4.38. The van der Waals surface area contributed by atoms with Crippen molar-refractivity contribution < 1.29 is 17.1 Å². The molecule has 2 aromatic rings. The van der Waals surface area contributed by atoms with Crippen LogP contribution < -0.4 is 5.19 Å². The van der Waals surface area contributed by atoms with Crippen LogP contribution in [0.15, 0.2) is 30.3 Å². The van der Waals surface area contributed by atoms with Gasteiger partial charge in [0.05, 0.1) is 0 Å². The van der Waals surface area contributed by atoms with Crippen molar-refractivity contribution in [2.75, 3.05) is 0 Å². The predicted octanol–water partition coefficient (Wildman–Crippen LogP) is 4.89. The van der Waals surface area contributed by atoms with Gasteiger partial charge in [0.2, 0.25) is 0 Å². The van der Waals surface area contributed by atoms with Crippen LogP contribution in [0, 0.1) is 31.6 Å². The first-order chi connectivity index (χ1) is 10.8. The second kappa shape index (κ2) is 8.70. The van der Waals surface area contributed by atoms with E-state index in [0.29, 0.717) is 0 Å². The van der Waals surface area contributed by atoms with Gasteiger partial charge in [-0.15, -0.1) is 14.8 Å². The Morgan fingerprint density at radius 2 is 1.08 bits per heavy atom. The van der Waals surface area contributed by atoms with Gasteiger partial charge < -0.3 is 30.3 Å². The van der Waals surface area contributed by atoms with E-state index in [4.69, 9.17) is 0 Å². The molecule has 0 bridgehead atoms. The second-order valence-electron chi connectivity index (χ2n) is 9.15. The number of hydrogen-bond acceptors (Lipinski definition) is 0. The molecule has 0 fully saturated rings. The van der Waals surface area contributed by atoms with Crippen LogP contribution in [-0.2, 0) is 22.2 Å². The fourth-order valence-electron chi connectivity index (χ4n) is 4.01. The molecule has 0 N–H and O–H groups in total. The van der Waals surface area contributed by atoms with Crippen molar-refractivity contribution in [3.05, 3.63) is 52.6 Å². The van der Waals surface area contributed by atoms with Crippen LogP contribution in [0.3, 0.4) is 0 Å². The van der Waals surface area contributed by atoms with Gasteiger partial charge in [0.25, 0.3) is 0 Å². The third-order valence-electron chi connectivity index (χ3n) is 5.75. The van der Waals surface area contributed by atoms with Crippen LogP contribution in [0.25, 0.3) is 0 Å². The largest absolute Gasteiger partial charge is 0.748 e. The molecule has 0 spiro atoms. The van der Waals surface area contributed by atoms with Crippen molar-refractivity contribution in [1.29, 1.82) is 0 Å². The van der Waals surface area contributed by atoms with Crippen molar-refractivity contribution in [3.63, 3.8) is 0 Å². The van der Waals surface area contributed by atoms with Gasteiger partial charge in [-0.25, -0.2) is 0 Å². The zero-order chi connectivity index (χ0) is 18.9. The molecule has 0 aliphatic heterocycles. The topological polar surface area (TPSA) is 0 Å². The molecule has 148 valence electrons. The average molecular weight is 416 g/mol. The van der Waals surface area contributed by atoms with Gasteiger partial charge in [-0.1, -0.05) is 62.3 Å². The molecule has 0 nitrogen and oxygen atoms in total. The molecule has 2 rings (SSSR count). The normalized spacial score (nSPS) is 12.4. The van der Waals surface area contributed by atoms with Gasteiger partial charge in [-0.05, 0) is 16.0 Å². The Bertz CT molecular complexity index is 595. The molecule has 0 aromatic heterocycles. The quantitative estimate of drug-likeness (QED) is 0.353. The van der Waals surface area contributed by atoms with E-state index in [1.165, 1.54) is 16.7 Å². The zero-order valence-corrected chi connectivity index (χ0v) is 22.1. The molecule has 0 heterocycles. The van der Waals surface area contributed by atoms with Gasteiger partial charge in [0.15, 0.2) is 0 Å². The Labute approximate surface area is 172 Å². The van der Waals surface area contributed by atoms with Gasteiger partial charge in [-0.3, -0.25) is 0 Å². The maximum Gasteiger partial charge on any atom is 0.00937 e. The van der Waals surface area contributed by atoms with Crippen LogP contribution in [0.2, 0.25) is 0 Å². The monoisotopic (exact) mass is 416 g/mol. The predicted molar refractivity (Wildman–Crippen MR) is 118 cm³/mol. The summed E-state index contributed by atoms with van der Waals surface area (Å²) < 4.78 is 0. The summed E-state index contributed by atoms with van der Waals surface area (Å²) in [6.45, 7) is 21.2. The van der Waals surface area contributed by atoms with E-state index in [-0.39, 0.29) is 33.1 Å². The molecule has 3 heteroatoms. The van der Waals surface area contributed by atoms with E-state index in [1.807, 2.05) is 30.3 Å². The molecule has 0 radical (unpaired) electrons. The summed E-state index contributed by atoms with van der Waals surface area (Å²) in [6.07, 6.45) is 0. The van der Waals surface area contributed by atoms with E-state index in [2.05, 4.69) is 71.6 Å². The Morgan fingerprint density at radius 3 is 1.28 bits per heavy atom. The molecule has 1 atom stereocenters. The third-order valence-corrected chi connectivity index (χ3v) is 9.02. The molecule has 25 heavy (non-hydrogen) atoms. The molecule has 0 saturated heterocycles. The Morgan fingerprint density at radius 1 is 0.760 bits per heavy atom. The summed E-state index contributed by atoms with van der Waals surface area (Å²) in [6, 6.07) is 10.0. The van der Waals surface area contributed by atoms with E-state index in [1.54, 1.807) is 10.8 Å². The molecule has 1 unspecified atom stereocenters. The third kappa shape index (κ3) is 4.78. The summed E-state index contributed by atoms with van der Waals surface area (Å²) in [5.74, 6) is 0. The number of hydrogen-bond donors (Lipinski definition) is 0. The fourth-order valence-corrected chi connectivity index (χ4v) is 5.87. The molecular weight excluding hydrogens is 379 g/mol. The minimum atomic E-state index is 0. The van der Waals surface area contributed by atoms with Gasteiger partial charge in [-0.2, -0.15) is 21.9 Å². The molecule has 0 aliphatic rings. The summed E-state index contributed by atoms with van der Waals surface area (Å²) >= 11 is 0. The van der Waals surface area contributed by atoms with Crippen LogP contribution in [0.1, 0.15) is 63.8 Å². The van der Waals surface area contributed by atoms with Crippen molar-refractivity contribution in [2.24, 2.45) is 10.8 Å². The smallest absolute Gasteiger partial charge is 0.00937 e. The zero-order valence-electron chi connectivity index (χ0n) is 17.8. The van der Waals surface area contributed by atoms with E-state index < -0.39 is 0 Å². The first kappa shape index (κ1) is 24.9. The van der Waals surface area contributed by atoms with Crippen LogP contribution in [0.4, 0.5) is 0 Å². The summed E-state index contributed by atoms with van der Waals surface area (Å²) in [5, 5.41) is 1.73. The van der Waals surface area contributed by atoms with Crippen LogP contribution in [0.5, 0.6) is 0 Å². The molecule has 0 amide bonds. The van der Waals surface area contributed by atoms with Crippen LogP contribution in [-0.4, -0.2) is 10.2 Å². The first-order valence-electron chi connectivity index (χ1n) is 8.96. The first-order valence-corrected chi connectivity index (χ1v) is 10.5. The van der Waals surface area contributed by atoms with Gasteiger partial charge >= 0.3 is 0 Å². The fraction of sp³-hybridized carbons (Fsp3) is 0.545. The van der Waals surface area contributed by atoms with E-state index in [0.717, 1.165) is 10.2 Å². The summed E-state index contributed by atoms with van der Waals surface area (Å²) in [5.41, 5.74) is 6.58. The molecule has 2 aromatic carbocycles. The van der Waals surface area contributed by atoms with Gasteiger partial charge in [0.1, 0.15) is 0 Å².